The molecule has 0 saturated carbocycles. The summed E-state index contributed by atoms with van der Waals surface area (Å²) in [5.74, 6) is -0.647. The summed E-state index contributed by atoms with van der Waals surface area (Å²) in [4.78, 5) is 39.2. The number of fused-ring (bicyclic) bond motifs is 1. The maximum absolute atomic E-state index is 12.2. The van der Waals surface area contributed by atoms with Crippen molar-refractivity contribution in [2.24, 2.45) is 5.92 Å². The van der Waals surface area contributed by atoms with Crippen molar-refractivity contribution < 1.29 is 33.7 Å². The third kappa shape index (κ3) is 3.39. The lowest BCUT2D eigenvalue weighted by molar-refractivity contribution is -0.143. The van der Waals surface area contributed by atoms with E-state index in [9.17, 15) is 19.5 Å². The molecule has 156 valence electrons. The van der Waals surface area contributed by atoms with Gasteiger partial charge in [0, 0.05) is 37.9 Å². The normalized spacial score (nSPS) is 26.4. The summed E-state index contributed by atoms with van der Waals surface area (Å²) in [6.07, 6.45) is 0.895. The van der Waals surface area contributed by atoms with Crippen LogP contribution in [0.2, 0.25) is 0 Å². The summed E-state index contributed by atoms with van der Waals surface area (Å²) in [5, 5.41) is 9.99. The van der Waals surface area contributed by atoms with E-state index in [2.05, 4.69) is 0 Å². The molecule has 4 rings (SSSR count). The maximum Gasteiger partial charge on any atom is 0.308 e. The molecule has 3 aliphatic heterocycles. The third-order valence-corrected chi connectivity index (χ3v) is 6.10. The van der Waals surface area contributed by atoms with Crippen molar-refractivity contribution in [2.45, 2.75) is 31.2 Å². The molecule has 0 aliphatic carbocycles. The highest BCUT2D eigenvalue weighted by Crippen LogP contribution is 2.46. The van der Waals surface area contributed by atoms with Gasteiger partial charge >= 0.3 is 5.97 Å². The number of imide groups is 1. The van der Waals surface area contributed by atoms with E-state index in [1.165, 1.54) is 12.0 Å². The number of methoxy groups -OCH3 is 1. The molecule has 3 atom stereocenters. The Morgan fingerprint density at radius 1 is 1.24 bits per heavy atom. The number of benzene rings is 1. The molecule has 2 fully saturated rings. The first kappa shape index (κ1) is 19.5. The SMILES string of the molecule is COc1cc(C2CN(C)C(CCN3C(=O)CCC3=O)C2C(=O)O)cc2c1OCO2. The highest BCUT2D eigenvalue weighted by Gasteiger charge is 2.46. The largest absolute Gasteiger partial charge is 0.493 e. The van der Waals surface area contributed by atoms with Gasteiger partial charge in [0.15, 0.2) is 11.5 Å². The monoisotopic (exact) mass is 404 g/mol. The lowest BCUT2D eigenvalue weighted by Crippen LogP contribution is -2.39. The molecule has 0 aromatic heterocycles. The van der Waals surface area contributed by atoms with Gasteiger partial charge < -0.3 is 24.2 Å². The Bertz CT molecular complexity index is 839. The lowest BCUT2D eigenvalue weighted by Gasteiger charge is -2.25. The van der Waals surface area contributed by atoms with Gasteiger partial charge in [-0.25, -0.2) is 0 Å². The Morgan fingerprint density at radius 2 is 1.97 bits per heavy atom. The number of carbonyl (C=O) groups excluding carboxylic acids is 2. The van der Waals surface area contributed by atoms with Gasteiger partial charge in [-0.2, -0.15) is 0 Å². The maximum atomic E-state index is 12.2. The molecule has 0 spiro atoms. The molecule has 1 N–H and O–H groups in total. The van der Waals surface area contributed by atoms with Crippen molar-refractivity contribution >= 4 is 17.8 Å². The fraction of sp³-hybridized carbons (Fsp3) is 0.550. The van der Waals surface area contributed by atoms with Gasteiger partial charge in [0.1, 0.15) is 0 Å². The van der Waals surface area contributed by atoms with Gasteiger partial charge in [-0.1, -0.05) is 0 Å². The van der Waals surface area contributed by atoms with Crippen molar-refractivity contribution in [3.63, 3.8) is 0 Å². The number of likely N-dealkylation sites (tertiary alicyclic amines) is 2. The van der Waals surface area contributed by atoms with Crippen molar-refractivity contribution in [1.29, 1.82) is 0 Å². The number of ether oxygens (including phenoxy) is 3. The van der Waals surface area contributed by atoms with Crippen LogP contribution in [0.25, 0.3) is 0 Å². The summed E-state index contributed by atoms with van der Waals surface area (Å²) >= 11 is 0. The highest BCUT2D eigenvalue weighted by atomic mass is 16.7. The van der Waals surface area contributed by atoms with Gasteiger partial charge in [-0.3, -0.25) is 19.3 Å². The first-order valence-electron chi connectivity index (χ1n) is 9.64. The number of aliphatic carboxylic acids is 1. The van der Waals surface area contributed by atoms with Crippen LogP contribution >= 0.6 is 0 Å². The van der Waals surface area contributed by atoms with Crippen molar-refractivity contribution in [3.05, 3.63) is 17.7 Å². The molecule has 3 aliphatic rings. The fourth-order valence-corrected chi connectivity index (χ4v) is 4.65. The Kier molecular flexibility index (Phi) is 5.08. The summed E-state index contributed by atoms with van der Waals surface area (Å²) in [6.45, 7) is 0.878. The number of hydrogen-bond acceptors (Lipinski definition) is 7. The second kappa shape index (κ2) is 7.55. The van der Waals surface area contributed by atoms with E-state index in [4.69, 9.17) is 14.2 Å². The van der Waals surface area contributed by atoms with Gasteiger partial charge in [0.25, 0.3) is 0 Å². The summed E-state index contributed by atoms with van der Waals surface area (Å²) in [6, 6.07) is 3.32. The van der Waals surface area contributed by atoms with Crippen LogP contribution in [-0.2, 0) is 14.4 Å². The van der Waals surface area contributed by atoms with E-state index < -0.39 is 11.9 Å². The summed E-state index contributed by atoms with van der Waals surface area (Å²) in [7, 11) is 3.40. The summed E-state index contributed by atoms with van der Waals surface area (Å²) in [5.41, 5.74) is 0.807. The number of amides is 2. The zero-order valence-electron chi connectivity index (χ0n) is 16.4. The van der Waals surface area contributed by atoms with Gasteiger partial charge in [0.2, 0.25) is 24.4 Å². The van der Waals surface area contributed by atoms with Crippen LogP contribution in [-0.4, -0.2) is 72.8 Å². The smallest absolute Gasteiger partial charge is 0.308 e. The second-order valence-electron chi connectivity index (χ2n) is 7.66. The molecule has 3 heterocycles. The molecule has 3 unspecified atom stereocenters. The predicted molar refractivity (Wildman–Crippen MR) is 100.0 cm³/mol. The number of nitrogens with zero attached hydrogens (tertiary/aromatic N) is 2. The first-order chi connectivity index (χ1) is 13.9. The Morgan fingerprint density at radius 3 is 2.62 bits per heavy atom. The Labute approximate surface area is 168 Å². The number of likely N-dealkylation sites (N-methyl/N-ethyl adjacent to an activating group) is 1. The van der Waals surface area contributed by atoms with Crippen molar-refractivity contribution in [2.75, 3.05) is 34.0 Å². The number of hydrogen-bond donors (Lipinski definition) is 1. The first-order valence-corrected chi connectivity index (χ1v) is 9.64. The Balaban J connectivity index is 1.58. The quantitative estimate of drug-likeness (QED) is 0.702. The van der Waals surface area contributed by atoms with E-state index in [-0.39, 0.29) is 50.0 Å². The number of carboxylic acids is 1. The van der Waals surface area contributed by atoms with Gasteiger partial charge in [-0.15, -0.1) is 0 Å². The second-order valence-corrected chi connectivity index (χ2v) is 7.66. The average Bonchev–Trinajstić information content (AvgIpc) is 3.37. The molecule has 2 saturated heterocycles. The van der Waals surface area contributed by atoms with Crippen molar-refractivity contribution in [1.82, 2.24) is 9.80 Å². The minimum Gasteiger partial charge on any atom is -0.493 e. The minimum atomic E-state index is -0.903. The van der Waals surface area contributed by atoms with Crippen LogP contribution in [0.4, 0.5) is 0 Å². The third-order valence-electron chi connectivity index (χ3n) is 6.10. The van der Waals surface area contributed by atoms with Crippen LogP contribution in [0.3, 0.4) is 0 Å². The molecule has 0 bridgehead atoms. The lowest BCUT2D eigenvalue weighted by atomic mass is 9.84. The zero-order valence-corrected chi connectivity index (χ0v) is 16.4. The topological polar surface area (TPSA) is 106 Å². The standard InChI is InChI=1S/C20H24N2O7/c1-21-9-12(11-7-14(27-2)19-15(8-11)28-10-29-19)18(20(25)26)13(21)5-6-22-16(23)3-4-17(22)24/h7-8,12-13,18H,3-6,9-10H2,1-2H3,(H,25,26). The van der Waals surface area contributed by atoms with E-state index in [1.807, 2.05) is 18.0 Å². The highest BCUT2D eigenvalue weighted by molar-refractivity contribution is 6.01. The molecule has 0 radical (unpaired) electrons. The van der Waals surface area contributed by atoms with E-state index >= 15 is 0 Å². The van der Waals surface area contributed by atoms with Crippen LogP contribution in [0.1, 0.15) is 30.7 Å². The van der Waals surface area contributed by atoms with E-state index in [1.54, 1.807) is 6.07 Å². The van der Waals surface area contributed by atoms with Crippen LogP contribution in [0, 0.1) is 5.92 Å². The minimum absolute atomic E-state index is 0.0998. The molecular formula is C20H24N2O7. The van der Waals surface area contributed by atoms with Crippen molar-refractivity contribution in [3.8, 4) is 17.2 Å². The molecule has 29 heavy (non-hydrogen) atoms. The number of rotatable bonds is 6. The molecular weight excluding hydrogens is 380 g/mol. The van der Waals surface area contributed by atoms with Gasteiger partial charge in [0.05, 0.1) is 13.0 Å². The van der Waals surface area contributed by atoms with Crippen LogP contribution in [0.15, 0.2) is 12.1 Å². The number of carboxylic acid groups (broad SMARTS) is 1. The fourth-order valence-electron chi connectivity index (χ4n) is 4.65. The van der Waals surface area contributed by atoms with Crippen LogP contribution in [0.5, 0.6) is 17.2 Å². The zero-order chi connectivity index (χ0) is 20.7. The molecule has 9 nitrogen and oxygen atoms in total. The molecule has 9 heteroatoms. The molecule has 2 amide bonds. The van der Waals surface area contributed by atoms with Gasteiger partial charge in [-0.05, 0) is 31.2 Å². The Hall–Kier alpha value is -2.81. The van der Waals surface area contributed by atoms with E-state index in [0.29, 0.717) is 30.2 Å². The molecule has 1 aromatic carbocycles. The molecule has 1 aromatic rings. The predicted octanol–water partition coefficient (Wildman–Crippen LogP) is 1.06. The average molecular weight is 404 g/mol. The van der Waals surface area contributed by atoms with E-state index in [0.717, 1.165) is 5.56 Å². The summed E-state index contributed by atoms with van der Waals surface area (Å²) < 4.78 is 16.3. The van der Waals surface area contributed by atoms with Crippen LogP contribution < -0.4 is 14.2 Å². The number of carbonyl (C=O) groups is 3.